The molecule has 13 heteroatoms. The molecule has 0 spiro atoms. The number of hydrogen-bond acceptors (Lipinski definition) is 7. The number of aromatic nitrogens is 3. The van der Waals surface area contributed by atoms with Crippen LogP contribution in [0.1, 0.15) is 27.9 Å². The van der Waals surface area contributed by atoms with Crippen molar-refractivity contribution in [2.24, 2.45) is 5.73 Å². The topological polar surface area (TPSA) is 124 Å². The minimum Gasteiger partial charge on any atom is -0.486 e. The maximum Gasteiger partial charge on any atom is 0.340 e. The molecule has 0 aliphatic carbocycles. The van der Waals surface area contributed by atoms with Crippen LogP contribution in [0.2, 0.25) is 0 Å². The summed E-state index contributed by atoms with van der Waals surface area (Å²) in [5, 5.41) is 10.3. The minimum atomic E-state index is -4.37. The van der Waals surface area contributed by atoms with Gasteiger partial charge >= 0.3 is 12.3 Å². The molecule has 2 aromatic heterocycles. The Bertz CT molecular complexity index is 1630. The van der Waals surface area contributed by atoms with Gasteiger partial charge in [-0.05, 0) is 60.8 Å². The molecule has 3 N–H and O–H groups in total. The monoisotopic (exact) mass is 595 g/mol. The number of H-pyrrole nitrogens is 1. The van der Waals surface area contributed by atoms with Crippen molar-refractivity contribution >= 4 is 22.8 Å². The van der Waals surface area contributed by atoms with Gasteiger partial charge in [-0.3, -0.25) is 9.69 Å². The molecular weight excluding hydrogens is 566 g/mol. The predicted molar refractivity (Wildman–Crippen MR) is 152 cm³/mol. The highest BCUT2D eigenvalue weighted by atomic mass is 19.3. The zero-order chi connectivity index (χ0) is 30.6. The fourth-order valence-electron chi connectivity index (χ4n) is 5.02. The molecule has 3 heterocycles. The van der Waals surface area contributed by atoms with Gasteiger partial charge < -0.3 is 20.4 Å². The van der Waals surface area contributed by atoms with Gasteiger partial charge in [-0.15, -0.1) is 0 Å². The van der Waals surface area contributed by atoms with Crippen LogP contribution < -0.4 is 15.4 Å². The second-order valence-corrected chi connectivity index (χ2v) is 10.3. The van der Waals surface area contributed by atoms with Crippen molar-refractivity contribution in [2.75, 3.05) is 44.2 Å². The molecule has 0 bridgehead atoms. The number of nitrogens with one attached hydrogen (secondary N) is 1. The minimum absolute atomic E-state index is 0.223. The number of alkyl halides is 4. The Morgan fingerprint density at radius 1 is 1.09 bits per heavy atom. The van der Waals surface area contributed by atoms with Crippen LogP contribution in [0.5, 0.6) is 5.75 Å². The van der Waals surface area contributed by atoms with Crippen LogP contribution in [0.3, 0.4) is 0 Å². The third-order valence-corrected chi connectivity index (χ3v) is 7.43. The molecule has 1 aliphatic rings. The highest BCUT2D eigenvalue weighted by molar-refractivity contribution is 5.97. The first kappa shape index (κ1) is 29.8. The van der Waals surface area contributed by atoms with Gasteiger partial charge in [0.05, 0.1) is 17.2 Å². The molecule has 1 amide bonds. The van der Waals surface area contributed by atoms with Gasteiger partial charge in [-0.25, -0.2) is 18.7 Å². The first-order valence-electron chi connectivity index (χ1n) is 13.7. The van der Waals surface area contributed by atoms with E-state index in [-0.39, 0.29) is 11.3 Å². The number of anilines is 1. The molecule has 224 valence electrons. The number of nitrogens with zero attached hydrogens (tertiary/aromatic N) is 5. The highest BCUT2D eigenvalue weighted by Crippen LogP contribution is 2.30. The number of fused-ring (bicyclic) bond motifs is 1. The maximum absolute atomic E-state index is 13.3. The van der Waals surface area contributed by atoms with Crippen molar-refractivity contribution in [1.82, 2.24) is 19.9 Å². The number of aryl methyl sites for hydroxylation is 1. The van der Waals surface area contributed by atoms with Crippen LogP contribution in [0.4, 0.5) is 23.5 Å². The van der Waals surface area contributed by atoms with E-state index in [1.54, 1.807) is 12.4 Å². The van der Waals surface area contributed by atoms with Gasteiger partial charge in [0.15, 0.2) is 6.61 Å². The van der Waals surface area contributed by atoms with Crippen molar-refractivity contribution in [3.05, 3.63) is 71.7 Å². The molecule has 1 aliphatic heterocycles. The fraction of sp³-hybridized carbons (Fsp3) is 0.333. The number of rotatable bonds is 11. The first-order valence-corrected chi connectivity index (χ1v) is 13.7. The number of carbonyl (C=O) groups excluding carboxylic acids is 1. The van der Waals surface area contributed by atoms with Crippen molar-refractivity contribution in [3.63, 3.8) is 0 Å². The molecule has 0 saturated carbocycles. The molecule has 0 atom stereocenters. The van der Waals surface area contributed by atoms with Crippen molar-refractivity contribution in [2.45, 2.75) is 25.2 Å². The lowest BCUT2D eigenvalue weighted by molar-refractivity contribution is -0.148. The summed E-state index contributed by atoms with van der Waals surface area (Å²) in [7, 11) is 0. The van der Waals surface area contributed by atoms with Crippen molar-refractivity contribution in [3.8, 4) is 22.9 Å². The fourth-order valence-corrected chi connectivity index (χ4v) is 5.02. The maximum atomic E-state index is 13.3. The third-order valence-electron chi connectivity index (χ3n) is 7.43. The summed E-state index contributed by atoms with van der Waals surface area (Å²) in [5.41, 5.74) is 9.07. The second-order valence-electron chi connectivity index (χ2n) is 10.3. The number of aromatic amines is 1. The SMILES string of the molecule is N#Cc1ccc2[nH]cc(CCCN3CCN(c4ncc(-c5ccc(OCC(F)(F)C(F)F)c(C(N)=O)c5)cn4)CC3)c2c1. The van der Waals surface area contributed by atoms with Gasteiger partial charge in [0, 0.05) is 61.2 Å². The van der Waals surface area contributed by atoms with E-state index < -0.39 is 24.9 Å². The Labute approximate surface area is 244 Å². The largest absolute Gasteiger partial charge is 0.486 e. The standard InChI is InChI=1S/C30H29F4N7O2/c31-28(32)30(33,34)18-43-26-6-4-20(13-24(26)27(36)42)22-16-38-29(39-17-22)41-10-8-40(9-11-41)7-1-2-21-15-37-25-5-3-19(14-35)12-23(21)25/h3-6,12-13,15-17,28,37H,1-2,7-11,18H2,(H2,36,42). The number of halogens is 4. The van der Waals surface area contributed by atoms with Gasteiger partial charge in [0.2, 0.25) is 5.95 Å². The molecule has 4 aromatic rings. The summed E-state index contributed by atoms with van der Waals surface area (Å²) in [6, 6.07) is 11.9. The molecule has 5 rings (SSSR count). The van der Waals surface area contributed by atoms with Crippen LogP contribution >= 0.6 is 0 Å². The van der Waals surface area contributed by atoms with Crippen LogP contribution in [0, 0.1) is 11.3 Å². The molecule has 0 radical (unpaired) electrons. The van der Waals surface area contributed by atoms with Crippen LogP contribution in [-0.4, -0.2) is 77.4 Å². The van der Waals surface area contributed by atoms with Crippen LogP contribution in [0.15, 0.2) is 55.0 Å². The van der Waals surface area contributed by atoms with E-state index in [1.165, 1.54) is 23.8 Å². The van der Waals surface area contributed by atoms with E-state index in [2.05, 4.69) is 30.8 Å². The van der Waals surface area contributed by atoms with E-state index in [9.17, 15) is 27.6 Å². The smallest absolute Gasteiger partial charge is 0.340 e. The van der Waals surface area contributed by atoms with E-state index in [0.717, 1.165) is 56.5 Å². The zero-order valence-corrected chi connectivity index (χ0v) is 23.1. The normalized spacial score (nSPS) is 14.3. The second kappa shape index (κ2) is 12.7. The summed E-state index contributed by atoms with van der Waals surface area (Å²) in [4.78, 5) is 28.6. The summed E-state index contributed by atoms with van der Waals surface area (Å²) < 4.78 is 56.3. The zero-order valence-electron chi connectivity index (χ0n) is 23.1. The number of piperazine rings is 1. The molecule has 0 unspecified atom stereocenters. The van der Waals surface area contributed by atoms with E-state index >= 15 is 0 Å². The summed E-state index contributed by atoms with van der Waals surface area (Å²) in [6.07, 6.45) is 3.17. The Morgan fingerprint density at radius 3 is 2.51 bits per heavy atom. The summed E-state index contributed by atoms with van der Waals surface area (Å²) in [5.74, 6) is -5.09. The summed E-state index contributed by atoms with van der Waals surface area (Å²) >= 11 is 0. The number of nitriles is 1. The summed E-state index contributed by atoms with van der Waals surface area (Å²) in [6.45, 7) is 2.55. The molecule has 1 fully saturated rings. The lowest BCUT2D eigenvalue weighted by Crippen LogP contribution is -2.47. The number of ether oxygens (including phenoxy) is 1. The lowest BCUT2D eigenvalue weighted by atomic mass is 10.0. The molecular formula is C30H29F4N7O2. The lowest BCUT2D eigenvalue weighted by Gasteiger charge is -2.34. The molecule has 9 nitrogen and oxygen atoms in total. The number of carbonyl (C=O) groups is 1. The highest BCUT2D eigenvalue weighted by Gasteiger charge is 2.42. The molecule has 43 heavy (non-hydrogen) atoms. The van der Waals surface area contributed by atoms with Gasteiger partial charge in [-0.1, -0.05) is 6.07 Å². The Balaban J connectivity index is 1.14. The molecule has 2 aromatic carbocycles. The first-order chi connectivity index (χ1) is 20.6. The average molecular weight is 596 g/mol. The van der Waals surface area contributed by atoms with Crippen LogP contribution in [-0.2, 0) is 6.42 Å². The number of primary amides is 1. The van der Waals surface area contributed by atoms with Crippen molar-refractivity contribution < 1.29 is 27.1 Å². The number of nitrogens with two attached hydrogens (primary N) is 1. The number of amides is 1. The third kappa shape index (κ3) is 6.86. The van der Waals surface area contributed by atoms with Gasteiger partial charge in [-0.2, -0.15) is 14.0 Å². The predicted octanol–water partition coefficient (Wildman–Crippen LogP) is 4.63. The van der Waals surface area contributed by atoms with Crippen molar-refractivity contribution in [1.29, 1.82) is 5.26 Å². The van der Waals surface area contributed by atoms with Gasteiger partial charge in [0.1, 0.15) is 5.75 Å². The van der Waals surface area contributed by atoms with Crippen LogP contribution in [0.25, 0.3) is 22.0 Å². The van der Waals surface area contributed by atoms with E-state index in [0.29, 0.717) is 22.6 Å². The number of benzene rings is 2. The van der Waals surface area contributed by atoms with Gasteiger partial charge in [0.25, 0.3) is 5.91 Å². The Morgan fingerprint density at radius 2 is 1.84 bits per heavy atom. The van der Waals surface area contributed by atoms with E-state index in [1.807, 2.05) is 24.4 Å². The number of hydrogen-bond donors (Lipinski definition) is 2. The Hall–Kier alpha value is -4.70. The van der Waals surface area contributed by atoms with E-state index in [4.69, 9.17) is 10.5 Å². The quantitative estimate of drug-likeness (QED) is 0.242. The Kier molecular flexibility index (Phi) is 8.77. The molecule has 1 saturated heterocycles. The average Bonchev–Trinajstić information content (AvgIpc) is 3.42.